The largest absolute Gasteiger partial charge is 0.388 e. The van der Waals surface area contributed by atoms with E-state index in [9.17, 15) is 5.11 Å². The summed E-state index contributed by atoms with van der Waals surface area (Å²) >= 11 is 0. The summed E-state index contributed by atoms with van der Waals surface area (Å²) in [6.45, 7) is 13.0. The molecule has 0 saturated carbocycles. The fraction of sp³-hybridized carbons (Fsp3) is 1.00. The fourth-order valence-electron chi connectivity index (χ4n) is 3.64. The molecular formula is C15H32N2O. The normalized spacial score (nSPS) is 27.2. The summed E-state index contributed by atoms with van der Waals surface area (Å²) < 4.78 is 0. The van der Waals surface area contributed by atoms with Gasteiger partial charge in [-0.05, 0) is 59.3 Å². The van der Waals surface area contributed by atoms with Crippen LogP contribution in [0.1, 0.15) is 67.2 Å². The first-order valence-electron chi connectivity index (χ1n) is 7.23. The first-order chi connectivity index (χ1) is 7.96. The lowest BCUT2D eigenvalue weighted by Gasteiger charge is -2.52. The lowest BCUT2D eigenvalue weighted by molar-refractivity contribution is -0.0754. The molecule has 0 aromatic carbocycles. The zero-order chi connectivity index (χ0) is 14.2. The van der Waals surface area contributed by atoms with Crippen LogP contribution < -0.4 is 11.1 Å². The zero-order valence-corrected chi connectivity index (χ0v) is 13.0. The Labute approximate surface area is 113 Å². The standard InChI is InChI=1S/C15H32N2O/c1-11(2)7-8-12(16)15(18)9-13(3,4)17-14(5,6)10-15/h11-12,17-18H,7-10,16H2,1-6H3. The number of piperidine rings is 1. The Morgan fingerprint density at radius 3 is 1.89 bits per heavy atom. The molecule has 1 atom stereocenters. The molecule has 1 unspecified atom stereocenters. The summed E-state index contributed by atoms with van der Waals surface area (Å²) in [6, 6.07) is -0.124. The van der Waals surface area contributed by atoms with Crippen LogP contribution in [0.5, 0.6) is 0 Å². The molecule has 1 rings (SSSR count). The molecule has 1 heterocycles. The average Bonchev–Trinajstić information content (AvgIpc) is 2.07. The van der Waals surface area contributed by atoms with Gasteiger partial charge < -0.3 is 16.2 Å². The van der Waals surface area contributed by atoms with E-state index in [1.807, 2.05) is 0 Å². The number of aliphatic hydroxyl groups is 1. The summed E-state index contributed by atoms with van der Waals surface area (Å²) in [4.78, 5) is 0. The summed E-state index contributed by atoms with van der Waals surface area (Å²) in [5.74, 6) is 0.641. The van der Waals surface area contributed by atoms with Crippen LogP contribution in [0, 0.1) is 5.92 Å². The van der Waals surface area contributed by atoms with Crippen molar-refractivity contribution in [3.63, 3.8) is 0 Å². The molecule has 3 nitrogen and oxygen atoms in total. The minimum absolute atomic E-state index is 0.0635. The van der Waals surface area contributed by atoms with Gasteiger partial charge in [0.15, 0.2) is 0 Å². The van der Waals surface area contributed by atoms with E-state index in [1.54, 1.807) is 0 Å². The van der Waals surface area contributed by atoms with Crippen LogP contribution in [0.25, 0.3) is 0 Å². The second-order valence-electron chi connectivity index (χ2n) is 7.93. The van der Waals surface area contributed by atoms with E-state index in [-0.39, 0.29) is 17.1 Å². The van der Waals surface area contributed by atoms with E-state index in [1.165, 1.54) is 0 Å². The van der Waals surface area contributed by atoms with Crippen LogP contribution >= 0.6 is 0 Å². The maximum atomic E-state index is 11.0. The molecule has 0 amide bonds. The highest BCUT2D eigenvalue weighted by Crippen LogP contribution is 2.38. The van der Waals surface area contributed by atoms with Gasteiger partial charge in [-0.15, -0.1) is 0 Å². The van der Waals surface area contributed by atoms with Gasteiger partial charge in [0.05, 0.1) is 5.60 Å². The van der Waals surface area contributed by atoms with Gasteiger partial charge >= 0.3 is 0 Å². The first kappa shape index (κ1) is 15.9. The van der Waals surface area contributed by atoms with Crippen molar-refractivity contribution in [2.45, 2.75) is 89.9 Å². The van der Waals surface area contributed by atoms with E-state index in [0.717, 1.165) is 25.7 Å². The fourth-order valence-corrected chi connectivity index (χ4v) is 3.64. The molecule has 108 valence electrons. The van der Waals surface area contributed by atoms with Crippen molar-refractivity contribution in [1.29, 1.82) is 0 Å². The summed E-state index contributed by atoms with van der Waals surface area (Å²) in [5.41, 5.74) is 5.43. The topological polar surface area (TPSA) is 58.3 Å². The van der Waals surface area contributed by atoms with E-state index in [0.29, 0.717) is 5.92 Å². The lowest BCUT2D eigenvalue weighted by atomic mass is 9.69. The van der Waals surface area contributed by atoms with Crippen molar-refractivity contribution >= 4 is 0 Å². The summed E-state index contributed by atoms with van der Waals surface area (Å²) in [7, 11) is 0. The Balaban J connectivity index is 2.77. The van der Waals surface area contributed by atoms with Gasteiger partial charge in [-0.25, -0.2) is 0 Å². The third-order valence-corrected chi connectivity index (χ3v) is 3.92. The number of hydrogen-bond donors (Lipinski definition) is 3. The predicted molar refractivity (Wildman–Crippen MR) is 77.5 cm³/mol. The minimum atomic E-state index is -0.743. The highest BCUT2D eigenvalue weighted by Gasteiger charge is 2.48. The molecule has 3 heteroatoms. The van der Waals surface area contributed by atoms with Gasteiger partial charge in [-0.2, -0.15) is 0 Å². The van der Waals surface area contributed by atoms with Crippen molar-refractivity contribution < 1.29 is 5.11 Å². The second-order valence-corrected chi connectivity index (χ2v) is 7.93. The Morgan fingerprint density at radius 2 is 1.50 bits per heavy atom. The van der Waals surface area contributed by atoms with Gasteiger partial charge in [-0.3, -0.25) is 0 Å². The summed E-state index contributed by atoms with van der Waals surface area (Å²) in [5, 5.41) is 14.6. The lowest BCUT2D eigenvalue weighted by Crippen LogP contribution is -2.67. The highest BCUT2D eigenvalue weighted by atomic mass is 16.3. The van der Waals surface area contributed by atoms with E-state index in [4.69, 9.17) is 5.73 Å². The van der Waals surface area contributed by atoms with Crippen LogP contribution in [-0.4, -0.2) is 27.8 Å². The third-order valence-electron chi connectivity index (χ3n) is 3.92. The Hall–Kier alpha value is -0.120. The number of hydrogen-bond acceptors (Lipinski definition) is 3. The maximum absolute atomic E-state index is 11.0. The second kappa shape index (κ2) is 5.10. The predicted octanol–water partition coefficient (Wildman–Crippen LogP) is 2.42. The molecule has 0 aromatic rings. The van der Waals surface area contributed by atoms with Gasteiger partial charge in [0, 0.05) is 17.1 Å². The van der Waals surface area contributed by atoms with Crippen LogP contribution in [0.3, 0.4) is 0 Å². The molecular weight excluding hydrogens is 224 g/mol. The van der Waals surface area contributed by atoms with Gasteiger partial charge in [0.25, 0.3) is 0 Å². The molecule has 18 heavy (non-hydrogen) atoms. The number of nitrogens with two attached hydrogens (primary N) is 1. The SMILES string of the molecule is CC(C)CCC(N)C1(O)CC(C)(C)NC(C)(C)C1. The summed E-state index contributed by atoms with van der Waals surface area (Å²) in [6.07, 6.45) is 3.43. The zero-order valence-electron chi connectivity index (χ0n) is 13.0. The van der Waals surface area contributed by atoms with E-state index in [2.05, 4.69) is 46.9 Å². The molecule has 1 saturated heterocycles. The Bertz CT molecular complexity index is 268. The first-order valence-corrected chi connectivity index (χ1v) is 7.23. The van der Waals surface area contributed by atoms with Gasteiger partial charge in [0.2, 0.25) is 0 Å². The average molecular weight is 256 g/mol. The van der Waals surface area contributed by atoms with Gasteiger partial charge in [-0.1, -0.05) is 13.8 Å². The van der Waals surface area contributed by atoms with Crippen molar-refractivity contribution in [1.82, 2.24) is 5.32 Å². The molecule has 1 aliphatic heterocycles. The van der Waals surface area contributed by atoms with Crippen LogP contribution in [0.4, 0.5) is 0 Å². The Kier molecular flexibility index (Phi) is 4.52. The van der Waals surface area contributed by atoms with Gasteiger partial charge in [0.1, 0.15) is 0 Å². The molecule has 1 aliphatic rings. The molecule has 0 bridgehead atoms. The molecule has 0 spiro atoms. The Morgan fingerprint density at radius 1 is 1.06 bits per heavy atom. The highest BCUT2D eigenvalue weighted by molar-refractivity contribution is 5.07. The quantitative estimate of drug-likeness (QED) is 0.724. The van der Waals surface area contributed by atoms with Crippen molar-refractivity contribution in [3.05, 3.63) is 0 Å². The number of nitrogens with one attached hydrogen (secondary N) is 1. The molecule has 4 N–H and O–H groups in total. The smallest absolute Gasteiger partial charge is 0.0832 e. The van der Waals surface area contributed by atoms with E-state index < -0.39 is 5.60 Å². The van der Waals surface area contributed by atoms with Crippen LogP contribution in [0.2, 0.25) is 0 Å². The molecule has 0 radical (unpaired) electrons. The molecule has 1 fully saturated rings. The molecule has 0 aliphatic carbocycles. The monoisotopic (exact) mass is 256 g/mol. The van der Waals surface area contributed by atoms with Crippen molar-refractivity contribution in [2.24, 2.45) is 11.7 Å². The maximum Gasteiger partial charge on any atom is 0.0832 e. The van der Waals surface area contributed by atoms with E-state index >= 15 is 0 Å². The number of rotatable bonds is 4. The van der Waals surface area contributed by atoms with Crippen LogP contribution in [0.15, 0.2) is 0 Å². The van der Waals surface area contributed by atoms with Crippen molar-refractivity contribution in [2.75, 3.05) is 0 Å². The van der Waals surface area contributed by atoms with Crippen molar-refractivity contribution in [3.8, 4) is 0 Å². The van der Waals surface area contributed by atoms with Crippen LogP contribution in [-0.2, 0) is 0 Å². The minimum Gasteiger partial charge on any atom is -0.388 e. The third kappa shape index (κ3) is 4.22. The molecule has 0 aromatic heterocycles.